The zero-order valence-electron chi connectivity index (χ0n) is 9.70. The van der Waals surface area contributed by atoms with E-state index in [0.717, 1.165) is 24.5 Å². The van der Waals surface area contributed by atoms with Crippen LogP contribution in [0, 0.1) is 5.92 Å². The minimum absolute atomic E-state index is 0.155. The van der Waals surface area contributed by atoms with Crippen LogP contribution >= 0.6 is 11.8 Å². The molecule has 0 aliphatic heterocycles. The van der Waals surface area contributed by atoms with E-state index in [9.17, 15) is 5.11 Å². The molecule has 0 amide bonds. The molecule has 0 aliphatic rings. The summed E-state index contributed by atoms with van der Waals surface area (Å²) >= 11 is 1.82. The molecule has 0 bridgehead atoms. The number of hydrogen-bond acceptors (Lipinski definition) is 3. The highest BCUT2D eigenvalue weighted by Crippen LogP contribution is 2.18. The van der Waals surface area contributed by atoms with E-state index >= 15 is 0 Å². The first kappa shape index (κ1) is 14.3. The second-order valence-electron chi connectivity index (χ2n) is 4.23. The smallest absolute Gasteiger partial charge is 0.0565 e. The van der Waals surface area contributed by atoms with Crippen LogP contribution in [-0.2, 0) is 0 Å². The number of rotatable bonds is 8. The lowest BCUT2D eigenvalue weighted by Gasteiger charge is -2.21. The normalized spacial score (nSPS) is 15.9. The molecule has 0 radical (unpaired) electrons. The topological polar surface area (TPSA) is 46.2 Å². The van der Waals surface area contributed by atoms with Crippen LogP contribution in [-0.4, -0.2) is 28.8 Å². The minimum atomic E-state index is 0.155. The van der Waals surface area contributed by atoms with Crippen LogP contribution in [0.15, 0.2) is 0 Å². The number of nitrogens with two attached hydrogens (primary N) is 1. The highest BCUT2D eigenvalue weighted by Gasteiger charge is 2.16. The predicted octanol–water partition coefficient (Wildman–Crippen LogP) is 2.25. The van der Waals surface area contributed by atoms with Crippen molar-refractivity contribution in [3.8, 4) is 0 Å². The second-order valence-corrected chi connectivity index (χ2v) is 5.57. The molecule has 0 rings (SSSR count). The molecule has 0 heterocycles. The zero-order chi connectivity index (χ0) is 11.0. The van der Waals surface area contributed by atoms with Crippen LogP contribution in [0.5, 0.6) is 0 Å². The second kappa shape index (κ2) is 8.57. The van der Waals surface area contributed by atoms with Crippen LogP contribution < -0.4 is 5.73 Å². The van der Waals surface area contributed by atoms with Crippen molar-refractivity contribution in [2.24, 2.45) is 11.7 Å². The third-order valence-electron chi connectivity index (χ3n) is 2.31. The molecular weight excluding hydrogens is 194 g/mol. The SMILES string of the molecule is CCCC(N)C(CO)SCCC(C)C. The molecule has 2 atom stereocenters. The Kier molecular flexibility index (Phi) is 8.73. The first-order valence-corrected chi connectivity index (χ1v) is 6.64. The van der Waals surface area contributed by atoms with E-state index in [2.05, 4.69) is 20.8 Å². The largest absolute Gasteiger partial charge is 0.395 e. The van der Waals surface area contributed by atoms with E-state index in [4.69, 9.17) is 5.73 Å². The van der Waals surface area contributed by atoms with Gasteiger partial charge in [0, 0.05) is 11.3 Å². The van der Waals surface area contributed by atoms with Gasteiger partial charge in [-0.2, -0.15) is 11.8 Å². The van der Waals surface area contributed by atoms with Crippen molar-refractivity contribution >= 4 is 11.8 Å². The Morgan fingerprint density at radius 1 is 1.29 bits per heavy atom. The summed E-state index contributed by atoms with van der Waals surface area (Å²) in [5.41, 5.74) is 5.98. The van der Waals surface area contributed by atoms with Crippen molar-refractivity contribution < 1.29 is 5.11 Å². The van der Waals surface area contributed by atoms with Gasteiger partial charge in [0.2, 0.25) is 0 Å². The van der Waals surface area contributed by atoms with Crippen molar-refractivity contribution in [2.75, 3.05) is 12.4 Å². The molecule has 0 fully saturated rings. The van der Waals surface area contributed by atoms with Crippen LogP contribution in [0.1, 0.15) is 40.0 Å². The summed E-state index contributed by atoms with van der Waals surface area (Å²) in [6.45, 7) is 6.79. The molecule has 0 aromatic heterocycles. The number of hydrogen-bond donors (Lipinski definition) is 2. The fourth-order valence-electron chi connectivity index (χ4n) is 1.29. The summed E-state index contributed by atoms with van der Waals surface area (Å²) in [6.07, 6.45) is 3.32. The number of aliphatic hydroxyl groups is 1. The lowest BCUT2D eigenvalue weighted by Crippen LogP contribution is -2.35. The van der Waals surface area contributed by atoms with Gasteiger partial charge >= 0.3 is 0 Å². The molecule has 2 nitrogen and oxygen atoms in total. The highest BCUT2D eigenvalue weighted by molar-refractivity contribution is 7.99. The summed E-state index contributed by atoms with van der Waals surface area (Å²) in [5, 5.41) is 9.42. The van der Waals surface area contributed by atoms with E-state index in [1.54, 1.807) is 0 Å². The highest BCUT2D eigenvalue weighted by atomic mass is 32.2. The molecule has 0 aromatic rings. The van der Waals surface area contributed by atoms with Crippen molar-refractivity contribution in [1.82, 2.24) is 0 Å². The first-order chi connectivity index (χ1) is 6.61. The summed E-state index contributed by atoms with van der Waals surface area (Å²) in [6, 6.07) is 0.155. The standard InChI is InChI=1S/C11H25NOS/c1-4-5-10(12)11(8-13)14-7-6-9(2)3/h9-11,13H,4-8,12H2,1-3H3. The van der Waals surface area contributed by atoms with E-state index in [1.165, 1.54) is 6.42 Å². The third kappa shape index (κ3) is 6.68. The fraction of sp³-hybridized carbons (Fsp3) is 1.00. The lowest BCUT2D eigenvalue weighted by atomic mass is 10.1. The molecule has 14 heavy (non-hydrogen) atoms. The maximum absolute atomic E-state index is 9.19. The number of thioether (sulfide) groups is 1. The maximum atomic E-state index is 9.19. The quantitative estimate of drug-likeness (QED) is 0.658. The summed E-state index contributed by atoms with van der Waals surface area (Å²) < 4.78 is 0. The lowest BCUT2D eigenvalue weighted by molar-refractivity contribution is 0.279. The van der Waals surface area contributed by atoms with Gasteiger partial charge in [0.05, 0.1) is 6.61 Å². The van der Waals surface area contributed by atoms with E-state index in [1.807, 2.05) is 11.8 Å². The first-order valence-electron chi connectivity index (χ1n) is 5.59. The molecule has 0 aromatic carbocycles. The van der Waals surface area contributed by atoms with Gasteiger partial charge in [-0.3, -0.25) is 0 Å². The van der Waals surface area contributed by atoms with Crippen molar-refractivity contribution in [1.29, 1.82) is 0 Å². The van der Waals surface area contributed by atoms with Gasteiger partial charge in [0.1, 0.15) is 0 Å². The Morgan fingerprint density at radius 3 is 2.36 bits per heavy atom. The third-order valence-corrected chi connectivity index (χ3v) is 3.70. The Labute approximate surface area is 92.6 Å². The monoisotopic (exact) mass is 219 g/mol. The van der Waals surface area contributed by atoms with E-state index < -0.39 is 0 Å². The van der Waals surface area contributed by atoms with Crippen LogP contribution in [0.4, 0.5) is 0 Å². The van der Waals surface area contributed by atoms with Gasteiger partial charge in [-0.1, -0.05) is 27.2 Å². The van der Waals surface area contributed by atoms with Crippen LogP contribution in [0.25, 0.3) is 0 Å². The van der Waals surface area contributed by atoms with Gasteiger partial charge in [0.25, 0.3) is 0 Å². The van der Waals surface area contributed by atoms with Gasteiger partial charge < -0.3 is 10.8 Å². The maximum Gasteiger partial charge on any atom is 0.0565 e. The van der Waals surface area contributed by atoms with Crippen LogP contribution in [0.3, 0.4) is 0 Å². The van der Waals surface area contributed by atoms with Crippen molar-refractivity contribution in [3.63, 3.8) is 0 Å². The van der Waals surface area contributed by atoms with Crippen molar-refractivity contribution in [2.45, 2.75) is 51.3 Å². The van der Waals surface area contributed by atoms with Gasteiger partial charge in [0.15, 0.2) is 0 Å². The van der Waals surface area contributed by atoms with Gasteiger partial charge in [-0.15, -0.1) is 0 Å². The van der Waals surface area contributed by atoms with E-state index in [0.29, 0.717) is 0 Å². The zero-order valence-corrected chi connectivity index (χ0v) is 10.5. The minimum Gasteiger partial charge on any atom is -0.395 e. The Morgan fingerprint density at radius 2 is 1.93 bits per heavy atom. The molecule has 0 aliphatic carbocycles. The Balaban J connectivity index is 3.66. The average molecular weight is 219 g/mol. The van der Waals surface area contributed by atoms with Gasteiger partial charge in [-0.25, -0.2) is 0 Å². The number of aliphatic hydroxyl groups excluding tert-OH is 1. The molecule has 3 N–H and O–H groups in total. The fourth-order valence-corrected chi connectivity index (χ4v) is 2.68. The molecule has 0 saturated heterocycles. The van der Waals surface area contributed by atoms with E-state index in [-0.39, 0.29) is 17.9 Å². The van der Waals surface area contributed by atoms with Gasteiger partial charge in [-0.05, 0) is 24.5 Å². The van der Waals surface area contributed by atoms with Crippen LogP contribution in [0.2, 0.25) is 0 Å². The molecule has 3 heteroatoms. The average Bonchev–Trinajstić information content (AvgIpc) is 2.12. The predicted molar refractivity (Wildman–Crippen MR) is 65.7 cm³/mol. The molecule has 0 saturated carbocycles. The molecule has 0 spiro atoms. The molecule has 2 unspecified atom stereocenters. The summed E-state index contributed by atoms with van der Waals surface area (Å²) in [5.74, 6) is 1.85. The van der Waals surface area contributed by atoms with Crippen molar-refractivity contribution in [3.05, 3.63) is 0 Å². The summed E-state index contributed by atoms with van der Waals surface area (Å²) in [4.78, 5) is 0. The molecule has 86 valence electrons. The molecular formula is C11H25NOS. The summed E-state index contributed by atoms with van der Waals surface area (Å²) in [7, 11) is 0. The Bertz CT molecular complexity index is 130. The Hall–Kier alpha value is 0.270.